The van der Waals surface area contributed by atoms with Crippen molar-refractivity contribution in [3.05, 3.63) is 35.4 Å². The molecule has 2 N–H and O–H groups in total. The molecule has 2 aromatic heterocycles. The molecule has 106 valence electrons. The van der Waals surface area contributed by atoms with Crippen molar-refractivity contribution in [2.24, 2.45) is 0 Å². The summed E-state index contributed by atoms with van der Waals surface area (Å²) in [6.45, 7) is 4.94. The lowest BCUT2D eigenvalue weighted by molar-refractivity contribution is 0.0696. The monoisotopic (exact) mass is 275 g/mol. The van der Waals surface area contributed by atoms with Crippen molar-refractivity contribution in [1.82, 2.24) is 20.0 Å². The smallest absolute Gasteiger partial charge is 0.339 e. The first-order valence-electron chi connectivity index (χ1n) is 6.37. The Morgan fingerprint density at radius 1 is 1.45 bits per heavy atom. The predicted octanol–water partition coefficient (Wildman–Crippen LogP) is 1.49. The van der Waals surface area contributed by atoms with E-state index < -0.39 is 5.97 Å². The SMILES string of the molecule is Cc1cc(NCCCn2ccnn2)c(C(=O)O)c(C)n1. The van der Waals surface area contributed by atoms with Gasteiger partial charge in [0.25, 0.3) is 0 Å². The fourth-order valence-corrected chi connectivity index (χ4v) is 2.05. The number of hydrogen-bond donors (Lipinski definition) is 2. The molecule has 0 aromatic carbocycles. The van der Waals surface area contributed by atoms with Crippen LogP contribution in [0.4, 0.5) is 5.69 Å². The standard InChI is InChI=1S/C13H17N5O2/c1-9-8-11(12(13(19)20)10(2)16-9)14-4-3-6-18-7-5-15-17-18/h5,7-8H,3-4,6H2,1-2H3,(H,14,16)(H,19,20). The Hall–Kier alpha value is -2.44. The van der Waals surface area contributed by atoms with E-state index in [1.165, 1.54) is 0 Å². The zero-order chi connectivity index (χ0) is 14.5. The van der Waals surface area contributed by atoms with Gasteiger partial charge in [0.05, 0.1) is 17.6 Å². The Labute approximate surface area is 116 Å². The molecule has 2 heterocycles. The summed E-state index contributed by atoms with van der Waals surface area (Å²) in [5.74, 6) is -0.964. The van der Waals surface area contributed by atoms with E-state index in [4.69, 9.17) is 0 Å². The molecule has 0 bridgehead atoms. The number of rotatable bonds is 6. The third kappa shape index (κ3) is 3.31. The van der Waals surface area contributed by atoms with Gasteiger partial charge in [-0.05, 0) is 26.3 Å². The first-order chi connectivity index (χ1) is 9.58. The maximum atomic E-state index is 11.3. The molecule has 0 aliphatic rings. The van der Waals surface area contributed by atoms with Gasteiger partial charge < -0.3 is 10.4 Å². The van der Waals surface area contributed by atoms with Crippen molar-refractivity contribution in [2.75, 3.05) is 11.9 Å². The topological polar surface area (TPSA) is 92.9 Å². The first-order valence-corrected chi connectivity index (χ1v) is 6.37. The highest BCUT2D eigenvalue weighted by Crippen LogP contribution is 2.19. The van der Waals surface area contributed by atoms with Crippen LogP contribution in [-0.4, -0.2) is 37.6 Å². The number of aromatic carboxylic acids is 1. The molecule has 0 saturated carbocycles. The average molecular weight is 275 g/mol. The van der Waals surface area contributed by atoms with E-state index in [0.29, 0.717) is 17.9 Å². The molecule has 0 atom stereocenters. The number of anilines is 1. The van der Waals surface area contributed by atoms with E-state index in [9.17, 15) is 9.90 Å². The van der Waals surface area contributed by atoms with Gasteiger partial charge in [-0.3, -0.25) is 9.67 Å². The van der Waals surface area contributed by atoms with E-state index in [-0.39, 0.29) is 5.56 Å². The molecule has 0 spiro atoms. The van der Waals surface area contributed by atoms with Crippen LogP contribution in [0.1, 0.15) is 28.2 Å². The number of carboxylic acid groups (broad SMARTS) is 1. The van der Waals surface area contributed by atoms with Crippen LogP contribution in [0.25, 0.3) is 0 Å². The molecule has 0 unspecified atom stereocenters. The summed E-state index contributed by atoms with van der Waals surface area (Å²) in [7, 11) is 0. The molecule has 7 heteroatoms. The maximum absolute atomic E-state index is 11.3. The van der Waals surface area contributed by atoms with Crippen molar-refractivity contribution in [1.29, 1.82) is 0 Å². The summed E-state index contributed by atoms with van der Waals surface area (Å²) in [6.07, 6.45) is 4.25. The second kappa shape index (κ2) is 6.14. The summed E-state index contributed by atoms with van der Waals surface area (Å²) in [4.78, 5) is 15.5. The van der Waals surface area contributed by atoms with Crippen LogP contribution < -0.4 is 5.32 Å². The zero-order valence-electron chi connectivity index (χ0n) is 11.5. The van der Waals surface area contributed by atoms with Crippen molar-refractivity contribution in [2.45, 2.75) is 26.8 Å². The quantitative estimate of drug-likeness (QED) is 0.776. The summed E-state index contributed by atoms with van der Waals surface area (Å²) in [5, 5.41) is 20.0. The van der Waals surface area contributed by atoms with Crippen LogP contribution in [-0.2, 0) is 6.54 Å². The van der Waals surface area contributed by atoms with Gasteiger partial charge in [-0.15, -0.1) is 5.10 Å². The normalized spacial score (nSPS) is 10.5. The molecular formula is C13H17N5O2. The van der Waals surface area contributed by atoms with Gasteiger partial charge >= 0.3 is 5.97 Å². The number of aryl methyl sites for hydroxylation is 3. The lowest BCUT2D eigenvalue weighted by atomic mass is 10.1. The van der Waals surface area contributed by atoms with Gasteiger partial charge in [0, 0.05) is 25.0 Å². The molecule has 0 radical (unpaired) electrons. The summed E-state index contributed by atoms with van der Waals surface area (Å²) >= 11 is 0. The Balaban J connectivity index is 1.99. The van der Waals surface area contributed by atoms with E-state index >= 15 is 0 Å². The fraction of sp³-hybridized carbons (Fsp3) is 0.385. The number of hydrogen-bond acceptors (Lipinski definition) is 5. The van der Waals surface area contributed by atoms with E-state index in [0.717, 1.165) is 18.7 Å². The van der Waals surface area contributed by atoms with Crippen LogP contribution in [0.3, 0.4) is 0 Å². The average Bonchev–Trinajstić information content (AvgIpc) is 2.86. The molecule has 2 aromatic rings. The van der Waals surface area contributed by atoms with Crippen molar-refractivity contribution >= 4 is 11.7 Å². The molecule has 0 aliphatic carbocycles. The van der Waals surface area contributed by atoms with Gasteiger partial charge in [0.15, 0.2) is 0 Å². The van der Waals surface area contributed by atoms with Crippen LogP contribution >= 0.6 is 0 Å². The molecule has 20 heavy (non-hydrogen) atoms. The number of carboxylic acids is 1. The summed E-state index contributed by atoms with van der Waals surface area (Å²) in [5.41, 5.74) is 2.17. The van der Waals surface area contributed by atoms with Crippen molar-refractivity contribution in [3.8, 4) is 0 Å². The highest BCUT2D eigenvalue weighted by molar-refractivity contribution is 5.95. The predicted molar refractivity (Wildman–Crippen MR) is 73.8 cm³/mol. The molecule has 7 nitrogen and oxygen atoms in total. The summed E-state index contributed by atoms with van der Waals surface area (Å²) < 4.78 is 1.74. The zero-order valence-corrected chi connectivity index (χ0v) is 11.5. The first kappa shape index (κ1) is 14.0. The van der Waals surface area contributed by atoms with Crippen LogP contribution in [0.5, 0.6) is 0 Å². The van der Waals surface area contributed by atoms with Gasteiger partial charge in [-0.1, -0.05) is 5.21 Å². The van der Waals surface area contributed by atoms with Crippen molar-refractivity contribution < 1.29 is 9.90 Å². The molecule has 0 saturated heterocycles. The minimum Gasteiger partial charge on any atom is -0.478 e. The van der Waals surface area contributed by atoms with Gasteiger partial charge in [-0.2, -0.15) is 0 Å². The number of nitrogens with zero attached hydrogens (tertiary/aromatic N) is 4. The van der Waals surface area contributed by atoms with E-state index in [2.05, 4.69) is 20.6 Å². The second-order valence-electron chi connectivity index (χ2n) is 4.52. The summed E-state index contributed by atoms with van der Waals surface area (Å²) in [6, 6.07) is 1.76. The van der Waals surface area contributed by atoms with Crippen LogP contribution in [0.15, 0.2) is 18.5 Å². The Kier molecular flexibility index (Phi) is 4.29. The highest BCUT2D eigenvalue weighted by Gasteiger charge is 2.14. The maximum Gasteiger partial charge on any atom is 0.339 e. The van der Waals surface area contributed by atoms with Crippen molar-refractivity contribution in [3.63, 3.8) is 0 Å². The number of carbonyl (C=O) groups is 1. The van der Waals surface area contributed by atoms with E-state index in [1.807, 2.05) is 6.92 Å². The largest absolute Gasteiger partial charge is 0.478 e. The lowest BCUT2D eigenvalue weighted by Crippen LogP contribution is -2.13. The minimum absolute atomic E-state index is 0.233. The Morgan fingerprint density at radius 3 is 2.90 bits per heavy atom. The molecular weight excluding hydrogens is 258 g/mol. The number of nitrogens with one attached hydrogen (secondary N) is 1. The van der Waals surface area contributed by atoms with Gasteiger partial charge in [0.2, 0.25) is 0 Å². The van der Waals surface area contributed by atoms with Crippen LogP contribution in [0.2, 0.25) is 0 Å². The third-order valence-electron chi connectivity index (χ3n) is 2.89. The number of aromatic nitrogens is 4. The molecule has 0 aliphatic heterocycles. The second-order valence-corrected chi connectivity index (χ2v) is 4.52. The molecule has 0 amide bonds. The van der Waals surface area contributed by atoms with Gasteiger partial charge in [0.1, 0.15) is 5.56 Å². The van der Waals surface area contributed by atoms with E-state index in [1.54, 1.807) is 30.1 Å². The molecule has 0 fully saturated rings. The number of pyridine rings is 1. The Bertz CT molecular complexity index is 595. The lowest BCUT2D eigenvalue weighted by Gasteiger charge is -2.12. The molecule has 2 rings (SSSR count). The van der Waals surface area contributed by atoms with Crippen LogP contribution in [0, 0.1) is 13.8 Å². The third-order valence-corrected chi connectivity index (χ3v) is 2.89. The van der Waals surface area contributed by atoms with Gasteiger partial charge in [-0.25, -0.2) is 4.79 Å². The fourth-order valence-electron chi connectivity index (χ4n) is 2.05. The highest BCUT2D eigenvalue weighted by atomic mass is 16.4. The Morgan fingerprint density at radius 2 is 2.25 bits per heavy atom. The minimum atomic E-state index is -0.964.